The summed E-state index contributed by atoms with van der Waals surface area (Å²) in [6.07, 6.45) is 4.18. The van der Waals surface area contributed by atoms with Gasteiger partial charge in [-0.25, -0.2) is 4.39 Å². The molecule has 76 valence electrons. The van der Waals surface area contributed by atoms with E-state index in [1.807, 2.05) is 0 Å². The van der Waals surface area contributed by atoms with Crippen LogP contribution >= 0.6 is 0 Å². The molecule has 1 atom stereocenters. The molecule has 1 aliphatic heterocycles. The summed E-state index contributed by atoms with van der Waals surface area (Å²) in [7, 11) is 0. The topological polar surface area (TPSA) is 16.1 Å². The van der Waals surface area contributed by atoms with Crippen molar-refractivity contribution in [3.05, 3.63) is 29.3 Å². The van der Waals surface area contributed by atoms with Gasteiger partial charge in [-0.05, 0) is 18.9 Å². The molecule has 0 saturated carbocycles. The highest BCUT2D eigenvalue weighted by Gasteiger charge is 2.24. The summed E-state index contributed by atoms with van der Waals surface area (Å²) in [5.74, 6) is -0.159. The Morgan fingerprint density at radius 2 is 2.29 bits per heavy atom. The van der Waals surface area contributed by atoms with E-state index >= 15 is 0 Å². The van der Waals surface area contributed by atoms with Crippen molar-refractivity contribution in [3.63, 3.8) is 0 Å². The number of halogens is 1. The smallest absolute Gasteiger partial charge is 0.146 e. The monoisotopic (exact) mass is 194 g/mol. The van der Waals surface area contributed by atoms with E-state index in [0.717, 1.165) is 30.6 Å². The Morgan fingerprint density at radius 3 is 2.93 bits per heavy atom. The molecule has 1 aromatic heterocycles. The van der Waals surface area contributed by atoms with Crippen LogP contribution in [0.25, 0.3) is 0 Å². The molecule has 1 aliphatic rings. The third-order valence-corrected chi connectivity index (χ3v) is 3.04. The van der Waals surface area contributed by atoms with Crippen LogP contribution in [0.5, 0.6) is 0 Å². The van der Waals surface area contributed by atoms with E-state index in [-0.39, 0.29) is 5.82 Å². The van der Waals surface area contributed by atoms with Gasteiger partial charge in [0.1, 0.15) is 5.82 Å². The minimum Gasteiger partial charge on any atom is -0.292 e. The molecule has 0 aromatic carbocycles. The summed E-state index contributed by atoms with van der Waals surface area (Å²) >= 11 is 0. The summed E-state index contributed by atoms with van der Waals surface area (Å²) in [4.78, 5) is 6.16. The van der Waals surface area contributed by atoms with Crippen molar-refractivity contribution in [3.8, 4) is 0 Å². The van der Waals surface area contributed by atoms with Crippen molar-refractivity contribution in [2.45, 2.75) is 39.4 Å². The van der Waals surface area contributed by atoms with Crippen LogP contribution in [-0.2, 0) is 13.1 Å². The molecule has 2 nitrogen and oxygen atoms in total. The molecule has 0 amide bonds. The number of rotatable bonds is 2. The summed E-state index contributed by atoms with van der Waals surface area (Å²) in [5, 5.41) is 0. The van der Waals surface area contributed by atoms with Gasteiger partial charge in [0.25, 0.3) is 0 Å². The van der Waals surface area contributed by atoms with Gasteiger partial charge in [-0.3, -0.25) is 9.88 Å². The van der Waals surface area contributed by atoms with Crippen LogP contribution in [0.15, 0.2) is 12.4 Å². The lowest BCUT2D eigenvalue weighted by Crippen LogP contribution is -2.26. The lowest BCUT2D eigenvalue weighted by atomic mass is 10.2. The first-order valence-electron chi connectivity index (χ1n) is 5.07. The van der Waals surface area contributed by atoms with Gasteiger partial charge in [-0.1, -0.05) is 6.92 Å². The zero-order chi connectivity index (χ0) is 10.1. The van der Waals surface area contributed by atoms with E-state index in [4.69, 9.17) is 0 Å². The van der Waals surface area contributed by atoms with Gasteiger partial charge in [0.15, 0.2) is 0 Å². The molecule has 2 heterocycles. The second-order valence-corrected chi connectivity index (χ2v) is 3.92. The Hall–Kier alpha value is -0.960. The van der Waals surface area contributed by atoms with Crippen molar-refractivity contribution in [2.75, 3.05) is 0 Å². The SMILES string of the molecule is CCC(C)N1Cc2cncc(F)c2C1. The molecule has 2 rings (SSSR count). The Balaban J connectivity index is 2.22. The van der Waals surface area contributed by atoms with Crippen molar-refractivity contribution in [2.24, 2.45) is 0 Å². The molecule has 0 saturated heterocycles. The fourth-order valence-electron chi connectivity index (χ4n) is 1.86. The maximum absolute atomic E-state index is 13.3. The Morgan fingerprint density at radius 1 is 1.50 bits per heavy atom. The van der Waals surface area contributed by atoms with Crippen LogP contribution in [0, 0.1) is 5.82 Å². The fourth-order valence-corrected chi connectivity index (χ4v) is 1.86. The van der Waals surface area contributed by atoms with Gasteiger partial charge in [0.2, 0.25) is 0 Å². The molecule has 14 heavy (non-hydrogen) atoms. The molecular formula is C11H15FN2. The van der Waals surface area contributed by atoms with Gasteiger partial charge >= 0.3 is 0 Å². The number of aromatic nitrogens is 1. The van der Waals surface area contributed by atoms with Crippen LogP contribution in [0.2, 0.25) is 0 Å². The Labute approximate surface area is 83.8 Å². The minimum absolute atomic E-state index is 0.159. The van der Waals surface area contributed by atoms with Crippen LogP contribution in [0.1, 0.15) is 31.4 Å². The van der Waals surface area contributed by atoms with Crippen molar-refractivity contribution < 1.29 is 4.39 Å². The predicted molar refractivity (Wildman–Crippen MR) is 53.2 cm³/mol. The number of hydrogen-bond acceptors (Lipinski definition) is 2. The highest BCUT2D eigenvalue weighted by Crippen LogP contribution is 2.26. The van der Waals surface area contributed by atoms with Crippen molar-refractivity contribution in [1.29, 1.82) is 0 Å². The van der Waals surface area contributed by atoms with E-state index < -0.39 is 0 Å². The predicted octanol–water partition coefficient (Wildman–Crippen LogP) is 2.33. The van der Waals surface area contributed by atoms with Crippen LogP contribution in [0.3, 0.4) is 0 Å². The van der Waals surface area contributed by atoms with E-state index in [1.165, 1.54) is 6.20 Å². The molecule has 0 aliphatic carbocycles. The van der Waals surface area contributed by atoms with Gasteiger partial charge < -0.3 is 0 Å². The number of hydrogen-bond donors (Lipinski definition) is 0. The lowest BCUT2D eigenvalue weighted by Gasteiger charge is -2.21. The van der Waals surface area contributed by atoms with Crippen molar-refractivity contribution >= 4 is 0 Å². The Kier molecular flexibility index (Phi) is 2.50. The van der Waals surface area contributed by atoms with Crippen LogP contribution in [-0.4, -0.2) is 15.9 Å². The maximum atomic E-state index is 13.3. The van der Waals surface area contributed by atoms with Crippen molar-refractivity contribution in [1.82, 2.24) is 9.88 Å². The van der Waals surface area contributed by atoms with Crippen LogP contribution in [0.4, 0.5) is 4.39 Å². The number of fused-ring (bicyclic) bond motifs is 1. The summed E-state index contributed by atoms with van der Waals surface area (Å²) < 4.78 is 13.3. The summed E-state index contributed by atoms with van der Waals surface area (Å²) in [6, 6.07) is 0.516. The number of nitrogens with zero attached hydrogens (tertiary/aromatic N) is 2. The van der Waals surface area contributed by atoms with E-state index in [2.05, 4.69) is 23.7 Å². The molecule has 1 unspecified atom stereocenters. The first kappa shape index (κ1) is 9.59. The molecular weight excluding hydrogens is 179 g/mol. The molecule has 0 spiro atoms. The van der Waals surface area contributed by atoms with Crippen LogP contribution < -0.4 is 0 Å². The van der Waals surface area contributed by atoms with Gasteiger partial charge in [-0.15, -0.1) is 0 Å². The van der Waals surface area contributed by atoms with E-state index in [9.17, 15) is 4.39 Å². The molecule has 0 N–H and O–H groups in total. The number of pyridine rings is 1. The normalized spacial score (nSPS) is 18.2. The largest absolute Gasteiger partial charge is 0.292 e. The highest BCUT2D eigenvalue weighted by molar-refractivity contribution is 5.28. The second-order valence-electron chi connectivity index (χ2n) is 3.92. The zero-order valence-corrected chi connectivity index (χ0v) is 8.63. The minimum atomic E-state index is -0.159. The standard InChI is InChI=1S/C11H15FN2/c1-3-8(2)14-6-9-4-13-5-11(12)10(9)7-14/h4-5,8H,3,6-7H2,1-2H3. The average Bonchev–Trinajstić information content (AvgIpc) is 2.62. The quantitative estimate of drug-likeness (QED) is 0.718. The third-order valence-electron chi connectivity index (χ3n) is 3.04. The average molecular weight is 194 g/mol. The zero-order valence-electron chi connectivity index (χ0n) is 8.63. The first-order chi connectivity index (χ1) is 6.72. The Bertz CT molecular complexity index is 338. The summed E-state index contributed by atoms with van der Waals surface area (Å²) in [6.45, 7) is 5.91. The first-order valence-corrected chi connectivity index (χ1v) is 5.07. The van der Waals surface area contributed by atoms with Gasteiger partial charge in [0.05, 0.1) is 6.20 Å². The molecule has 1 aromatic rings. The molecule has 0 fully saturated rings. The van der Waals surface area contributed by atoms with E-state index in [1.54, 1.807) is 6.20 Å². The lowest BCUT2D eigenvalue weighted by molar-refractivity contribution is 0.206. The van der Waals surface area contributed by atoms with E-state index in [0.29, 0.717) is 6.04 Å². The van der Waals surface area contributed by atoms with Gasteiger partial charge in [0, 0.05) is 30.9 Å². The molecule has 0 radical (unpaired) electrons. The molecule has 0 bridgehead atoms. The second kappa shape index (κ2) is 3.65. The highest BCUT2D eigenvalue weighted by atomic mass is 19.1. The molecule has 3 heteroatoms. The fraction of sp³-hybridized carbons (Fsp3) is 0.545. The summed E-state index contributed by atoms with van der Waals surface area (Å²) in [5.41, 5.74) is 1.88. The third kappa shape index (κ3) is 1.52. The van der Waals surface area contributed by atoms with Gasteiger partial charge in [-0.2, -0.15) is 0 Å². The maximum Gasteiger partial charge on any atom is 0.146 e.